The van der Waals surface area contributed by atoms with Crippen LogP contribution in [0.25, 0.3) is 0 Å². The molecule has 0 bridgehead atoms. The van der Waals surface area contributed by atoms with Gasteiger partial charge in [0, 0.05) is 69.7 Å². The molecule has 0 aliphatic carbocycles. The van der Waals surface area contributed by atoms with Crippen LogP contribution in [0.15, 0.2) is 6.07 Å². The van der Waals surface area contributed by atoms with Gasteiger partial charge in [0.2, 0.25) is 5.91 Å². The molecule has 1 atom stereocenters. The summed E-state index contributed by atoms with van der Waals surface area (Å²) in [6, 6.07) is 2.44. The molecule has 7 nitrogen and oxygen atoms in total. The number of amides is 1. The summed E-state index contributed by atoms with van der Waals surface area (Å²) in [6.45, 7) is 5.74. The largest absolute Gasteiger partial charge is 0.380 e. The minimum atomic E-state index is 0.247. The molecule has 0 spiro atoms. The lowest BCUT2D eigenvalue weighted by Gasteiger charge is -2.31. The monoisotopic (exact) mass is 377 g/mol. The van der Waals surface area contributed by atoms with Gasteiger partial charge in [-0.2, -0.15) is 16.9 Å². The van der Waals surface area contributed by atoms with Gasteiger partial charge in [0.1, 0.15) is 0 Å². The third-order valence-corrected chi connectivity index (χ3v) is 6.38. The average Bonchev–Trinajstić information content (AvgIpc) is 2.97. The zero-order valence-electron chi connectivity index (χ0n) is 15.2. The van der Waals surface area contributed by atoms with Crippen LogP contribution in [0.3, 0.4) is 0 Å². The molecule has 0 aromatic carbocycles. The number of thioether (sulfide) groups is 1. The predicted molar refractivity (Wildman–Crippen MR) is 103 cm³/mol. The van der Waals surface area contributed by atoms with Crippen LogP contribution in [0.5, 0.6) is 0 Å². The van der Waals surface area contributed by atoms with Crippen molar-refractivity contribution in [2.24, 2.45) is 0 Å². The standard InChI is InChI=1S/C18H27N5O2S/c24-18(11-15-13-26-9-3-19-15)23-5-2-16-14(12-23)10-17(21-20-16)22-4-1-7-25-8-6-22/h10,15,19H,1-9,11-13H2. The molecule has 4 heterocycles. The predicted octanol–water partition coefficient (Wildman–Crippen LogP) is 0.683. The maximum Gasteiger partial charge on any atom is 0.224 e. The first-order chi connectivity index (χ1) is 12.8. The van der Waals surface area contributed by atoms with Gasteiger partial charge in [0.25, 0.3) is 0 Å². The zero-order valence-corrected chi connectivity index (χ0v) is 16.0. The molecule has 4 rings (SSSR count). The van der Waals surface area contributed by atoms with Crippen molar-refractivity contribution in [3.8, 4) is 0 Å². The van der Waals surface area contributed by atoms with Crippen LogP contribution < -0.4 is 10.2 Å². The van der Waals surface area contributed by atoms with E-state index in [2.05, 4.69) is 26.5 Å². The van der Waals surface area contributed by atoms with E-state index in [0.717, 1.165) is 80.8 Å². The minimum Gasteiger partial charge on any atom is -0.380 e. The fourth-order valence-electron chi connectivity index (χ4n) is 3.75. The van der Waals surface area contributed by atoms with Gasteiger partial charge in [-0.3, -0.25) is 4.79 Å². The highest BCUT2D eigenvalue weighted by atomic mass is 32.2. The molecule has 3 aliphatic rings. The molecule has 26 heavy (non-hydrogen) atoms. The van der Waals surface area contributed by atoms with E-state index in [1.807, 2.05) is 16.7 Å². The summed E-state index contributed by atoms with van der Waals surface area (Å²) in [5.41, 5.74) is 2.18. The van der Waals surface area contributed by atoms with Crippen LogP contribution in [-0.2, 0) is 22.5 Å². The number of nitrogens with zero attached hydrogens (tertiary/aromatic N) is 4. The second-order valence-electron chi connectivity index (χ2n) is 7.12. The van der Waals surface area contributed by atoms with Crippen LogP contribution in [0.4, 0.5) is 5.82 Å². The molecule has 1 aromatic heterocycles. The molecule has 2 saturated heterocycles. The van der Waals surface area contributed by atoms with Crippen LogP contribution in [0, 0.1) is 0 Å². The van der Waals surface area contributed by atoms with E-state index in [0.29, 0.717) is 19.0 Å². The first kappa shape index (κ1) is 18.0. The Morgan fingerprint density at radius 3 is 3.15 bits per heavy atom. The summed E-state index contributed by atoms with van der Waals surface area (Å²) < 4.78 is 5.53. The highest BCUT2D eigenvalue weighted by Crippen LogP contribution is 2.22. The fourth-order valence-corrected chi connectivity index (χ4v) is 4.70. The van der Waals surface area contributed by atoms with Gasteiger partial charge in [-0.05, 0) is 18.1 Å². The lowest BCUT2D eigenvalue weighted by molar-refractivity contribution is -0.132. The Balaban J connectivity index is 1.41. The van der Waals surface area contributed by atoms with Gasteiger partial charge in [0.15, 0.2) is 5.82 Å². The number of anilines is 1. The highest BCUT2D eigenvalue weighted by molar-refractivity contribution is 7.99. The summed E-state index contributed by atoms with van der Waals surface area (Å²) in [6.07, 6.45) is 2.40. The van der Waals surface area contributed by atoms with E-state index in [1.54, 1.807) is 0 Å². The molecule has 8 heteroatoms. The van der Waals surface area contributed by atoms with Crippen molar-refractivity contribution in [2.75, 3.05) is 55.8 Å². The topological polar surface area (TPSA) is 70.6 Å². The molecule has 1 aromatic rings. The van der Waals surface area contributed by atoms with Crippen molar-refractivity contribution in [1.29, 1.82) is 0 Å². The fraction of sp³-hybridized carbons (Fsp3) is 0.722. The third kappa shape index (κ3) is 4.29. The maximum atomic E-state index is 12.7. The van der Waals surface area contributed by atoms with E-state index in [9.17, 15) is 4.79 Å². The number of carbonyl (C=O) groups is 1. The average molecular weight is 378 g/mol. The van der Waals surface area contributed by atoms with E-state index in [1.165, 1.54) is 0 Å². The van der Waals surface area contributed by atoms with E-state index in [4.69, 9.17) is 4.74 Å². The van der Waals surface area contributed by atoms with Gasteiger partial charge in [-0.1, -0.05) is 0 Å². The third-order valence-electron chi connectivity index (χ3n) is 5.25. The Labute approximate surface area is 158 Å². The number of carbonyl (C=O) groups excluding carboxylic acids is 1. The van der Waals surface area contributed by atoms with E-state index in [-0.39, 0.29) is 5.91 Å². The Hall–Kier alpha value is -1.38. The van der Waals surface area contributed by atoms with Crippen molar-refractivity contribution in [2.45, 2.75) is 31.8 Å². The normalized spacial score (nSPS) is 24.1. The number of ether oxygens (including phenoxy) is 1. The Morgan fingerprint density at radius 2 is 2.27 bits per heavy atom. The molecule has 0 saturated carbocycles. The molecule has 1 unspecified atom stereocenters. The first-order valence-electron chi connectivity index (χ1n) is 9.56. The molecule has 3 aliphatic heterocycles. The maximum absolute atomic E-state index is 12.7. The van der Waals surface area contributed by atoms with Gasteiger partial charge in [-0.15, -0.1) is 5.10 Å². The smallest absolute Gasteiger partial charge is 0.224 e. The van der Waals surface area contributed by atoms with Gasteiger partial charge < -0.3 is 19.9 Å². The van der Waals surface area contributed by atoms with Crippen LogP contribution in [0.2, 0.25) is 0 Å². The van der Waals surface area contributed by atoms with Crippen LogP contribution in [-0.4, -0.2) is 77.9 Å². The summed E-state index contributed by atoms with van der Waals surface area (Å²) >= 11 is 1.93. The number of hydrogen-bond acceptors (Lipinski definition) is 7. The Bertz CT molecular complexity index is 630. The van der Waals surface area contributed by atoms with E-state index >= 15 is 0 Å². The second-order valence-corrected chi connectivity index (χ2v) is 8.27. The number of aromatic nitrogens is 2. The molecular formula is C18H27N5O2S. The zero-order chi connectivity index (χ0) is 17.8. The molecule has 2 fully saturated rings. The van der Waals surface area contributed by atoms with Crippen molar-refractivity contribution < 1.29 is 9.53 Å². The number of hydrogen-bond donors (Lipinski definition) is 1. The molecule has 142 valence electrons. The van der Waals surface area contributed by atoms with Crippen molar-refractivity contribution in [3.63, 3.8) is 0 Å². The van der Waals surface area contributed by atoms with Gasteiger partial charge in [-0.25, -0.2) is 0 Å². The van der Waals surface area contributed by atoms with E-state index < -0.39 is 0 Å². The quantitative estimate of drug-likeness (QED) is 0.831. The lowest BCUT2D eigenvalue weighted by atomic mass is 10.1. The SMILES string of the molecule is O=C(CC1CSCCN1)N1CCc2nnc(N3CCCOCC3)cc2C1. The highest BCUT2D eigenvalue weighted by Gasteiger charge is 2.26. The lowest BCUT2D eigenvalue weighted by Crippen LogP contribution is -2.44. The van der Waals surface area contributed by atoms with Gasteiger partial charge >= 0.3 is 0 Å². The van der Waals surface area contributed by atoms with Crippen molar-refractivity contribution in [3.05, 3.63) is 17.3 Å². The van der Waals surface area contributed by atoms with Crippen molar-refractivity contribution >= 4 is 23.5 Å². The number of rotatable bonds is 3. The molecule has 1 amide bonds. The molecule has 1 N–H and O–H groups in total. The summed E-state index contributed by atoms with van der Waals surface area (Å²) in [7, 11) is 0. The number of fused-ring (bicyclic) bond motifs is 1. The summed E-state index contributed by atoms with van der Waals surface area (Å²) in [4.78, 5) is 16.9. The molecular weight excluding hydrogens is 350 g/mol. The first-order valence-corrected chi connectivity index (χ1v) is 10.7. The van der Waals surface area contributed by atoms with Crippen molar-refractivity contribution in [1.82, 2.24) is 20.4 Å². The summed E-state index contributed by atoms with van der Waals surface area (Å²) in [5, 5.41) is 12.3. The minimum absolute atomic E-state index is 0.247. The van der Waals surface area contributed by atoms with Gasteiger partial charge in [0.05, 0.1) is 12.3 Å². The summed E-state index contributed by atoms with van der Waals surface area (Å²) in [5.74, 6) is 3.33. The Kier molecular flexibility index (Phi) is 5.91. The Morgan fingerprint density at radius 1 is 1.31 bits per heavy atom. The second kappa shape index (κ2) is 8.54. The number of nitrogens with one attached hydrogen (secondary N) is 1. The van der Waals surface area contributed by atoms with Crippen LogP contribution >= 0.6 is 11.8 Å². The van der Waals surface area contributed by atoms with Crippen LogP contribution in [0.1, 0.15) is 24.1 Å². The molecule has 0 radical (unpaired) electrons.